The van der Waals surface area contributed by atoms with Crippen LogP contribution >= 0.6 is 0 Å². The predicted octanol–water partition coefficient (Wildman–Crippen LogP) is 1.24. The average Bonchev–Trinajstić information content (AvgIpc) is 2.89. The van der Waals surface area contributed by atoms with Crippen LogP contribution in [0.3, 0.4) is 0 Å². The zero-order valence-electron chi connectivity index (χ0n) is 14.1. The highest BCUT2D eigenvalue weighted by atomic mass is 16.2. The molecule has 0 aromatic heterocycles. The zero-order valence-corrected chi connectivity index (χ0v) is 14.1. The molecule has 24 heavy (non-hydrogen) atoms. The van der Waals surface area contributed by atoms with Crippen molar-refractivity contribution >= 4 is 23.4 Å². The Morgan fingerprint density at radius 3 is 2.88 bits per heavy atom. The van der Waals surface area contributed by atoms with E-state index in [0.29, 0.717) is 25.9 Å². The first-order valence-electron chi connectivity index (χ1n) is 8.44. The van der Waals surface area contributed by atoms with Crippen LogP contribution in [-0.4, -0.2) is 41.2 Å². The summed E-state index contributed by atoms with van der Waals surface area (Å²) in [7, 11) is 0. The normalized spacial score (nSPS) is 22.8. The molecule has 128 valence electrons. The van der Waals surface area contributed by atoms with E-state index in [4.69, 9.17) is 0 Å². The molecule has 1 atom stereocenters. The van der Waals surface area contributed by atoms with Crippen LogP contribution in [0.2, 0.25) is 0 Å². The summed E-state index contributed by atoms with van der Waals surface area (Å²) >= 11 is 0. The second-order valence-corrected chi connectivity index (χ2v) is 6.72. The van der Waals surface area contributed by atoms with Crippen molar-refractivity contribution in [3.63, 3.8) is 0 Å². The number of carbonyl (C=O) groups excluding carboxylic acids is 3. The van der Waals surface area contributed by atoms with E-state index >= 15 is 0 Å². The van der Waals surface area contributed by atoms with Crippen LogP contribution in [0.4, 0.5) is 5.69 Å². The van der Waals surface area contributed by atoms with Crippen molar-refractivity contribution in [2.24, 2.45) is 0 Å². The van der Waals surface area contributed by atoms with Gasteiger partial charge in [0.15, 0.2) is 0 Å². The molecule has 1 fully saturated rings. The van der Waals surface area contributed by atoms with E-state index in [0.717, 1.165) is 23.2 Å². The first-order valence-corrected chi connectivity index (χ1v) is 8.44. The molecule has 1 aromatic carbocycles. The van der Waals surface area contributed by atoms with Crippen molar-refractivity contribution in [2.75, 3.05) is 18.4 Å². The van der Waals surface area contributed by atoms with Crippen molar-refractivity contribution in [3.8, 4) is 0 Å². The molecule has 2 aliphatic heterocycles. The Kier molecular flexibility index (Phi) is 4.30. The maximum absolute atomic E-state index is 12.8. The second kappa shape index (κ2) is 6.26. The quantitative estimate of drug-likeness (QED) is 0.872. The highest BCUT2D eigenvalue weighted by Crippen LogP contribution is 2.27. The average molecular weight is 329 g/mol. The Morgan fingerprint density at radius 1 is 1.33 bits per heavy atom. The summed E-state index contributed by atoms with van der Waals surface area (Å²) in [6.07, 6.45) is 2.10. The Labute approximate surface area is 141 Å². The van der Waals surface area contributed by atoms with Gasteiger partial charge in [-0.3, -0.25) is 14.4 Å². The summed E-state index contributed by atoms with van der Waals surface area (Å²) in [6, 6.07) is 5.64. The predicted molar refractivity (Wildman–Crippen MR) is 90.5 cm³/mol. The van der Waals surface area contributed by atoms with Crippen LogP contribution in [0.5, 0.6) is 0 Å². The Bertz CT molecular complexity index is 701. The number of amides is 3. The number of nitrogens with one attached hydrogen (secondary N) is 2. The van der Waals surface area contributed by atoms with Crippen molar-refractivity contribution < 1.29 is 14.4 Å². The molecular weight excluding hydrogens is 306 g/mol. The van der Waals surface area contributed by atoms with E-state index in [9.17, 15) is 14.4 Å². The molecule has 6 heteroatoms. The third-order valence-electron chi connectivity index (χ3n) is 4.90. The highest BCUT2D eigenvalue weighted by molar-refractivity contribution is 5.99. The number of hydrogen-bond acceptors (Lipinski definition) is 3. The summed E-state index contributed by atoms with van der Waals surface area (Å²) in [6.45, 7) is 4.87. The minimum absolute atomic E-state index is 0.0169. The lowest BCUT2D eigenvalue weighted by Crippen LogP contribution is -2.65. The van der Waals surface area contributed by atoms with Gasteiger partial charge < -0.3 is 15.5 Å². The van der Waals surface area contributed by atoms with Gasteiger partial charge in [0.05, 0.1) is 12.8 Å². The minimum Gasteiger partial charge on any atom is -0.352 e. The van der Waals surface area contributed by atoms with Gasteiger partial charge in [-0.25, -0.2) is 0 Å². The molecule has 1 saturated heterocycles. The molecule has 3 rings (SSSR count). The molecular formula is C18H23N3O3. The molecule has 1 aromatic rings. The molecule has 6 nitrogen and oxygen atoms in total. The number of piperazine rings is 1. The van der Waals surface area contributed by atoms with Gasteiger partial charge in [0, 0.05) is 18.8 Å². The Morgan fingerprint density at radius 2 is 2.12 bits per heavy atom. The maximum atomic E-state index is 12.8. The standard InChI is InChI=1S/C18H23N3O3/c1-3-6-18(2)17(24)19-7-8-21(18)16(23)10-12-4-5-13-11-15(22)20-14(13)9-12/h4-5,9H,3,6-8,10-11H2,1-2H3,(H,19,24)(H,20,22)/t18-/m1/s1. The number of carbonyl (C=O) groups is 3. The van der Waals surface area contributed by atoms with Gasteiger partial charge in [-0.1, -0.05) is 25.5 Å². The number of anilines is 1. The number of fused-ring (bicyclic) bond motifs is 1. The number of rotatable bonds is 4. The summed E-state index contributed by atoms with van der Waals surface area (Å²) in [5, 5.41) is 5.67. The van der Waals surface area contributed by atoms with Gasteiger partial charge in [0.1, 0.15) is 5.54 Å². The van der Waals surface area contributed by atoms with Crippen LogP contribution in [0.15, 0.2) is 18.2 Å². The first-order chi connectivity index (χ1) is 11.4. The minimum atomic E-state index is -0.783. The zero-order chi connectivity index (χ0) is 17.3. The fraction of sp³-hybridized carbons (Fsp3) is 0.500. The number of benzene rings is 1. The van der Waals surface area contributed by atoms with Crippen molar-refractivity contribution in [1.29, 1.82) is 0 Å². The summed E-state index contributed by atoms with van der Waals surface area (Å²) in [5.41, 5.74) is 1.82. The van der Waals surface area contributed by atoms with Crippen LogP contribution in [0, 0.1) is 0 Å². The monoisotopic (exact) mass is 329 g/mol. The molecule has 2 heterocycles. The first kappa shape index (κ1) is 16.5. The third-order valence-corrected chi connectivity index (χ3v) is 4.90. The summed E-state index contributed by atoms with van der Waals surface area (Å²) in [5.74, 6) is -0.146. The largest absolute Gasteiger partial charge is 0.352 e. The topological polar surface area (TPSA) is 78.5 Å². The van der Waals surface area contributed by atoms with Gasteiger partial charge in [0.2, 0.25) is 17.7 Å². The third kappa shape index (κ3) is 2.88. The second-order valence-electron chi connectivity index (χ2n) is 6.72. The van der Waals surface area contributed by atoms with Gasteiger partial charge in [-0.15, -0.1) is 0 Å². The van der Waals surface area contributed by atoms with Gasteiger partial charge in [-0.05, 0) is 30.5 Å². The maximum Gasteiger partial charge on any atom is 0.245 e. The fourth-order valence-corrected chi connectivity index (χ4v) is 3.62. The Balaban J connectivity index is 1.77. The summed E-state index contributed by atoms with van der Waals surface area (Å²) < 4.78 is 0. The number of hydrogen-bond donors (Lipinski definition) is 2. The SMILES string of the molecule is CCC[C@]1(C)C(=O)NCCN1C(=O)Cc1ccc2c(c1)NC(=O)C2. The van der Waals surface area contributed by atoms with Gasteiger partial charge in [-0.2, -0.15) is 0 Å². The van der Waals surface area contributed by atoms with Crippen LogP contribution in [-0.2, 0) is 27.2 Å². The molecule has 0 bridgehead atoms. The molecule has 0 spiro atoms. The van der Waals surface area contributed by atoms with Crippen LogP contribution in [0.25, 0.3) is 0 Å². The molecule has 0 aliphatic carbocycles. The van der Waals surface area contributed by atoms with E-state index in [2.05, 4.69) is 10.6 Å². The fourth-order valence-electron chi connectivity index (χ4n) is 3.62. The van der Waals surface area contributed by atoms with E-state index in [1.165, 1.54) is 0 Å². The van der Waals surface area contributed by atoms with Crippen molar-refractivity contribution in [3.05, 3.63) is 29.3 Å². The van der Waals surface area contributed by atoms with Crippen LogP contribution < -0.4 is 10.6 Å². The van der Waals surface area contributed by atoms with Crippen molar-refractivity contribution in [2.45, 2.75) is 45.1 Å². The number of nitrogens with zero attached hydrogens (tertiary/aromatic N) is 1. The van der Waals surface area contributed by atoms with E-state index < -0.39 is 5.54 Å². The molecule has 2 N–H and O–H groups in total. The van der Waals surface area contributed by atoms with Gasteiger partial charge in [0.25, 0.3) is 0 Å². The lowest BCUT2D eigenvalue weighted by molar-refractivity contribution is -0.150. The van der Waals surface area contributed by atoms with Gasteiger partial charge >= 0.3 is 0 Å². The molecule has 3 amide bonds. The smallest absolute Gasteiger partial charge is 0.245 e. The molecule has 0 radical (unpaired) electrons. The van der Waals surface area contributed by atoms with Crippen LogP contribution in [0.1, 0.15) is 37.8 Å². The van der Waals surface area contributed by atoms with Crippen molar-refractivity contribution in [1.82, 2.24) is 10.2 Å². The van der Waals surface area contributed by atoms with E-state index in [-0.39, 0.29) is 24.1 Å². The molecule has 0 saturated carbocycles. The lowest BCUT2D eigenvalue weighted by atomic mass is 9.90. The highest BCUT2D eigenvalue weighted by Gasteiger charge is 2.43. The van der Waals surface area contributed by atoms with E-state index in [1.54, 1.807) is 4.90 Å². The summed E-state index contributed by atoms with van der Waals surface area (Å²) in [4.78, 5) is 38.3. The lowest BCUT2D eigenvalue weighted by Gasteiger charge is -2.43. The Hall–Kier alpha value is -2.37. The molecule has 2 aliphatic rings. The molecule has 0 unspecified atom stereocenters. The van der Waals surface area contributed by atoms with E-state index in [1.807, 2.05) is 32.0 Å².